The van der Waals surface area contributed by atoms with Crippen LogP contribution < -0.4 is 0 Å². The van der Waals surface area contributed by atoms with Gasteiger partial charge in [-0.15, -0.1) is 0 Å². The van der Waals surface area contributed by atoms with Crippen LogP contribution in [-0.4, -0.2) is 27.8 Å². The number of hydrogen-bond donors (Lipinski definition) is 1. The molecule has 3 fully saturated rings. The summed E-state index contributed by atoms with van der Waals surface area (Å²) in [5.74, 6) is 2.78. The fourth-order valence-corrected chi connectivity index (χ4v) is 9.16. The summed E-state index contributed by atoms with van der Waals surface area (Å²) in [6.07, 6.45) is 12.5. The largest absolute Gasteiger partial charge is 0.393 e. The molecule has 3 saturated carbocycles. The first-order chi connectivity index (χ1) is 16.3. The fraction of sp³-hybridized carbons (Fsp3) is 0.667. The molecule has 0 bridgehead atoms. The van der Waals surface area contributed by atoms with Crippen LogP contribution in [0.5, 0.6) is 0 Å². The molecule has 0 unspecified atom stereocenters. The lowest BCUT2D eigenvalue weighted by molar-refractivity contribution is -0.130. The van der Waals surface area contributed by atoms with Gasteiger partial charge in [-0.25, -0.2) is 5.01 Å². The highest BCUT2D eigenvalue weighted by Crippen LogP contribution is 2.66. The molecule has 8 atom stereocenters. The summed E-state index contributed by atoms with van der Waals surface area (Å²) in [7, 11) is 0. The van der Waals surface area contributed by atoms with Crippen LogP contribution in [0.3, 0.4) is 0 Å². The maximum atomic E-state index is 12.5. The zero-order chi connectivity index (χ0) is 23.7. The minimum absolute atomic E-state index is 0.0421. The van der Waals surface area contributed by atoms with E-state index >= 15 is 0 Å². The van der Waals surface area contributed by atoms with E-state index in [0.29, 0.717) is 5.92 Å². The zero-order valence-electron chi connectivity index (χ0n) is 21.0. The molecule has 1 heterocycles. The molecule has 0 spiro atoms. The maximum Gasteiger partial charge on any atom is 0.240 e. The number of nitrogens with zero attached hydrogens (tertiary/aromatic N) is 2. The predicted molar refractivity (Wildman–Crippen MR) is 135 cm³/mol. The van der Waals surface area contributed by atoms with Crippen LogP contribution in [0.25, 0.3) is 0 Å². The summed E-state index contributed by atoms with van der Waals surface area (Å²) in [5, 5.41) is 17.1. The second-order valence-corrected chi connectivity index (χ2v) is 12.4. The van der Waals surface area contributed by atoms with Gasteiger partial charge >= 0.3 is 0 Å². The molecule has 1 aromatic carbocycles. The number of fused-ring (bicyclic) bond motifs is 5. The highest BCUT2D eigenvalue weighted by atomic mass is 16.3. The molecule has 6 rings (SSSR count). The van der Waals surface area contributed by atoms with Gasteiger partial charge in [0, 0.05) is 25.0 Å². The molecule has 0 radical (unpaired) electrons. The number of benzene rings is 1. The molecule has 4 heteroatoms. The number of aliphatic hydroxyl groups is 1. The van der Waals surface area contributed by atoms with Crippen molar-refractivity contribution in [2.75, 3.05) is 0 Å². The normalized spacial score (nSPS) is 43.5. The van der Waals surface area contributed by atoms with Gasteiger partial charge in [0.15, 0.2) is 0 Å². The summed E-state index contributed by atoms with van der Waals surface area (Å²) in [5.41, 5.74) is 4.58. The number of hydrogen-bond acceptors (Lipinski definition) is 3. The van der Waals surface area contributed by atoms with Crippen LogP contribution in [0.4, 0.5) is 0 Å². The minimum atomic E-state index is -0.136. The van der Waals surface area contributed by atoms with E-state index < -0.39 is 0 Å². The molecule has 0 saturated heterocycles. The third-order valence-electron chi connectivity index (χ3n) is 10.9. The van der Waals surface area contributed by atoms with Gasteiger partial charge in [-0.3, -0.25) is 4.79 Å². The monoisotopic (exact) mass is 460 g/mol. The van der Waals surface area contributed by atoms with Gasteiger partial charge in [-0.2, -0.15) is 5.10 Å². The molecule has 0 aromatic heterocycles. The zero-order valence-corrected chi connectivity index (χ0v) is 21.0. The lowest BCUT2D eigenvalue weighted by Gasteiger charge is -2.58. The van der Waals surface area contributed by atoms with Crippen LogP contribution in [0, 0.1) is 34.5 Å². The van der Waals surface area contributed by atoms with Gasteiger partial charge < -0.3 is 5.11 Å². The molecular formula is C30H40N2O2. The number of allylic oxidation sites excluding steroid dienone is 1. The molecular weight excluding hydrogens is 420 g/mol. The van der Waals surface area contributed by atoms with Crippen molar-refractivity contribution in [1.82, 2.24) is 5.01 Å². The Balaban J connectivity index is 1.27. The summed E-state index contributed by atoms with van der Waals surface area (Å²) >= 11 is 0. The number of carbonyl (C=O) groups is 1. The van der Waals surface area contributed by atoms with E-state index in [2.05, 4.69) is 44.2 Å². The van der Waals surface area contributed by atoms with Gasteiger partial charge in [0.2, 0.25) is 5.91 Å². The first-order valence-electron chi connectivity index (χ1n) is 13.6. The maximum absolute atomic E-state index is 12.5. The average molecular weight is 461 g/mol. The second-order valence-electron chi connectivity index (χ2n) is 12.4. The smallest absolute Gasteiger partial charge is 0.240 e. The van der Waals surface area contributed by atoms with Gasteiger partial charge in [0.05, 0.1) is 12.1 Å². The van der Waals surface area contributed by atoms with E-state index in [1.807, 2.05) is 6.07 Å². The van der Waals surface area contributed by atoms with Crippen LogP contribution >= 0.6 is 0 Å². The van der Waals surface area contributed by atoms with E-state index in [-0.39, 0.29) is 28.9 Å². The fourth-order valence-electron chi connectivity index (χ4n) is 9.16. The highest BCUT2D eigenvalue weighted by Gasteiger charge is 2.59. The van der Waals surface area contributed by atoms with E-state index in [1.165, 1.54) is 43.4 Å². The SMILES string of the molecule is CC(=O)N1N=C([C@H]2CC[C@H]3[C@@H]4CC=C5C[C@@H](O)CC[C@]5(C)[C@H]4CC[C@]23C)C[C@H]1c1ccccc1. The lowest BCUT2D eigenvalue weighted by atomic mass is 9.47. The van der Waals surface area contributed by atoms with Crippen molar-refractivity contribution >= 4 is 11.6 Å². The van der Waals surface area contributed by atoms with Gasteiger partial charge in [-0.1, -0.05) is 55.8 Å². The van der Waals surface area contributed by atoms with Crippen LogP contribution in [-0.2, 0) is 4.79 Å². The molecule has 1 aliphatic heterocycles. The van der Waals surface area contributed by atoms with Crippen molar-refractivity contribution in [3.8, 4) is 0 Å². The summed E-state index contributed by atoms with van der Waals surface area (Å²) in [6.45, 7) is 6.71. The summed E-state index contributed by atoms with van der Waals surface area (Å²) in [6, 6.07) is 10.5. The first kappa shape index (κ1) is 22.5. The first-order valence-corrected chi connectivity index (χ1v) is 13.6. The standard InChI is InChI=1S/C30H40N2O2/c1-19(33)32-28(20-7-5-4-6-8-20)18-27(31-32)26-12-11-24-23-10-9-21-17-22(34)13-15-29(21,2)25(23)14-16-30(24,26)3/h4-9,22-26,28,34H,10-18H2,1-3H3/t22-,23-,24-,25-,26+,28-,29-,30-/m0/s1. The Labute approximate surface area is 204 Å². The van der Waals surface area contributed by atoms with Crippen molar-refractivity contribution < 1.29 is 9.90 Å². The summed E-state index contributed by atoms with van der Waals surface area (Å²) < 4.78 is 0. The molecule has 4 nitrogen and oxygen atoms in total. The van der Waals surface area contributed by atoms with E-state index in [0.717, 1.165) is 43.4 Å². The Hall–Kier alpha value is -1.94. The number of rotatable bonds is 2. The molecule has 4 aliphatic carbocycles. The van der Waals surface area contributed by atoms with Crippen molar-refractivity contribution in [3.63, 3.8) is 0 Å². The van der Waals surface area contributed by atoms with Crippen molar-refractivity contribution in [1.29, 1.82) is 0 Å². The Morgan fingerprint density at radius 3 is 2.59 bits per heavy atom. The van der Waals surface area contributed by atoms with Crippen LogP contribution in [0.15, 0.2) is 47.1 Å². The van der Waals surface area contributed by atoms with Crippen molar-refractivity contribution in [3.05, 3.63) is 47.5 Å². The van der Waals surface area contributed by atoms with E-state index in [9.17, 15) is 9.90 Å². The Kier molecular flexibility index (Phi) is 5.33. The number of aliphatic hydroxyl groups excluding tert-OH is 1. The van der Waals surface area contributed by atoms with Gasteiger partial charge in [0.1, 0.15) is 0 Å². The topological polar surface area (TPSA) is 52.9 Å². The number of carbonyl (C=O) groups excluding carboxylic acids is 1. The quantitative estimate of drug-likeness (QED) is 0.528. The Morgan fingerprint density at radius 2 is 1.82 bits per heavy atom. The van der Waals surface area contributed by atoms with Gasteiger partial charge in [0.25, 0.3) is 0 Å². The van der Waals surface area contributed by atoms with Gasteiger partial charge in [-0.05, 0) is 85.5 Å². The highest BCUT2D eigenvalue weighted by molar-refractivity contribution is 5.92. The number of amides is 1. The second kappa shape index (κ2) is 8.05. The third-order valence-corrected chi connectivity index (χ3v) is 10.9. The predicted octanol–water partition coefficient (Wildman–Crippen LogP) is 6.28. The molecule has 5 aliphatic rings. The summed E-state index contributed by atoms with van der Waals surface area (Å²) in [4.78, 5) is 12.5. The molecule has 1 amide bonds. The van der Waals surface area contributed by atoms with Crippen LogP contribution in [0.1, 0.15) is 90.2 Å². The molecule has 34 heavy (non-hydrogen) atoms. The Bertz CT molecular complexity index is 1030. The van der Waals surface area contributed by atoms with E-state index in [4.69, 9.17) is 5.10 Å². The molecule has 1 N–H and O–H groups in total. The average Bonchev–Trinajstić information content (AvgIpc) is 3.41. The number of hydrazone groups is 1. The van der Waals surface area contributed by atoms with E-state index in [1.54, 1.807) is 17.5 Å². The third kappa shape index (κ3) is 3.27. The van der Waals surface area contributed by atoms with Crippen molar-refractivity contribution in [2.45, 2.75) is 90.7 Å². The minimum Gasteiger partial charge on any atom is -0.393 e. The van der Waals surface area contributed by atoms with Crippen LogP contribution in [0.2, 0.25) is 0 Å². The lowest BCUT2D eigenvalue weighted by Crippen LogP contribution is -2.51. The molecule has 1 aromatic rings. The Morgan fingerprint density at radius 1 is 1.03 bits per heavy atom. The molecule has 182 valence electrons. The van der Waals surface area contributed by atoms with Crippen molar-refractivity contribution in [2.24, 2.45) is 39.6 Å².